The summed E-state index contributed by atoms with van der Waals surface area (Å²) in [4.78, 5) is 0. The van der Waals surface area contributed by atoms with Crippen LogP contribution in [0.4, 0.5) is 5.69 Å². The lowest BCUT2D eigenvalue weighted by Gasteiger charge is -2.12. The summed E-state index contributed by atoms with van der Waals surface area (Å²) < 4.78 is 0. The quantitative estimate of drug-likeness (QED) is 0.736. The molecular weight excluding hydrogens is 266 g/mol. The number of benzene rings is 2. The number of allylic oxidation sites excluding steroid dienone is 1. The van der Waals surface area contributed by atoms with Gasteiger partial charge in [-0.1, -0.05) is 49.4 Å². The molecule has 1 nitrogen and oxygen atoms in total. The number of nitrogens with one attached hydrogen (secondary N) is 1. The summed E-state index contributed by atoms with van der Waals surface area (Å²) in [6, 6.07) is 13.0. The van der Waals surface area contributed by atoms with Crippen LogP contribution in [0.15, 0.2) is 42.5 Å². The Hall–Kier alpha value is -2.02. The molecule has 0 radical (unpaired) electrons. The van der Waals surface area contributed by atoms with Crippen molar-refractivity contribution in [3.63, 3.8) is 0 Å². The number of para-hydroxylation sites is 1. The Morgan fingerprint density at radius 2 is 1.77 bits per heavy atom. The van der Waals surface area contributed by atoms with E-state index in [-0.39, 0.29) is 0 Å². The average Bonchev–Trinajstić information content (AvgIpc) is 2.53. The van der Waals surface area contributed by atoms with Gasteiger partial charge in [0.25, 0.3) is 0 Å². The van der Waals surface area contributed by atoms with Crippen LogP contribution in [0.2, 0.25) is 0 Å². The van der Waals surface area contributed by atoms with Crippen molar-refractivity contribution in [3.8, 4) is 0 Å². The van der Waals surface area contributed by atoms with E-state index in [4.69, 9.17) is 0 Å². The average molecular weight is 293 g/mol. The van der Waals surface area contributed by atoms with Gasteiger partial charge in [0.2, 0.25) is 0 Å². The van der Waals surface area contributed by atoms with E-state index in [1.165, 1.54) is 33.5 Å². The van der Waals surface area contributed by atoms with Crippen LogP contribution in [0.5, 0.6) is 0 Å². The van der Waals surface area contributed by atoms with Gasteiger partial charge in [-0.3, -0.25) is 0 Å². The number of aryl methyl sites for hydroxylation is 2. The third-order valence-corrected chi connectivity index (χ3v) is 4.29. The third kappa shape index (κ3) is 3.79. The molecule has 0 fully saturated rings. The first-order valence-electron chi connectivity index (χ1n) is 8.24. The number of rotatable bonds is 6. The van der Waals surface area contributed by atoms with Crippen LogP contribution in [0.1, 0.15) is 41.7 Å². The second-order valence-electron chi connectivity index (χ2n) is 5.72. The van der Waals surface area contributed by atoms with Crippen molar-refractivity contribution in [2.24, 2.45) is 0 Å². The molecule has 0 aliphatic rings. The molecule has 1 N–H and O–H groups in total. The van der Waals surface area contributed by atoms with Crippen molar-refractivity contribution in [1.82, 2.24) is 0 Å². The molecule has 0 aliphatic carbocycles. The first-order chi connectivity index (χ1) is 10.7. The van der Waals surface area contributed by atoms with Crippen molar-refractivity contribution >= 4 is 11.8 Å². The largest absolute Gasteiger partial charge is 0.385 e. The fourth-order valence-corrected chi connectivity index (χ4v) is 2.84. The van der Waals surface area contributed by atoms with Gasteiger partial charge >= 0.3 is 0 Å². The molecule has 0 unspecified atom stereocenters. The molecule has 0 saturated heterocycles. The predicted octanol–water partition coefficient (Wildman–Crippen LogP) is 5.55. The van der Waals surface area contributed by atoms with E-state index in [1.807, 2.05) is 0 Å². The second-order valence-corrected chi connectivity index (χ2v) is 5.72. The smallest absolute Gasteiger partial charge is 0.0413 e. The van der Waals surface area contributed by atoms with Crippen molar-refractivity contribution in [3.05, 3.63) is 70.3 Å². The van der Waals surface area contributed by atoms with Gasteiger partial charge in [0, 0.05) is 12.2 Å². The van der Waals surface area contributed by atoms with Crippen molar-refractivity contribution in [2.75, 3.05) is 11.9 Å². The van der Waals surface area contributed by atoms with E-state index in [2.05, 4.69) is 81.6 Å². The van der Waals surface area contributed by atoms with E-state index < -0.39 is 0 Å². The molecular formula is C21H27N. The Bertz CT molecular complexity index is 653. The molecule has 116 valence electrons. The Labute approximate surface area is 135 Å². The lowest BCUT2D eigenvalue weighted by Crippen LogP contribution is -1.99. The molecule has 2 aromatic rings. The summed E-state index contributed by atoms with van der Waals surface area (Å²) in [5.74, 6) is 0. The highest BCUT2D eigenvalue weighted by Gasteiger charge is 2.05. The summed E-state index contributed by atoms with van der Waals surface area (Å²) >= 11 is 0. The van der Waals surface area contributed by atoms with E-state index in [9.17, 15) is 0 Å². The van der Waals surface area contributed by atoms with Crippen LogP contribution in [-0.2, 0) is 12.8 Å². The zero-order valence-electron chi connectivity index (χ0n) is 14.2. The standard InChI is InChI=1S/C21H27N/c1-5-18-15-14-16(3)17(4)20(18)12-9-11-19-10-7-8-13-21(19)22-6-2/h7-11,13-15,22H,5-6,12H2,1-4H3/b11-9-. The molecule has 0 heterocycles. The van der Waals surface area contributed by atoms with E-state index in [1.54, 1.807) is 0 Å². The Kier molecular flexibility index (Phi) is 5.83. The SMILES string of the molecule is CCNc1ccccc1/C=C\Cc1c(CC)ccc(C)c1C. The van der Waals surface area contributed by atoms with E-state index >= 15 is 0 Å². The van der Waals surface area contributed by atoms with Crippen molar-refractivity contribution < 1.29 is 0 Å². The molecule has 1 heteroatoms. The summed E-state index contributed by atoms with van der Waals surface area (Å²) in [6.07, 6.45) is 6.62. The van der Waals surface area contributed by atoms with Crippen LogP contribution in [-0.4, -0.2) is 6.54 Å². The number of hydrogen-bond donors (Lipinski definition) is 1. The fraction of sp³-hybridized carbons (Fsp3) is 0.333. The normalized spacial score (nSPS) is 11.1. The van der Waals surface area contributed by atoms with Gasteiger partial charge in [-0.15, -0.1) is 0 Å². The zero-order valence-corrected chi connectivity index (χ0v) is 14.2. The third-order valence-electron chi connectivity index (χ3n) is 4.29. The highest BCUT2D eigenvalue weighted by atomic mass is 14.9. The number of hydrogen-bond acceptors (Lipinski definition) is 1. The van der Waals surface area contributed by atoms with Crippen LogP contribution < -0.4 is 5.32 Å². The second kappa shape index (κ2) is 7.84. The van der Waals surface area contributed by atoms with Crippen LogP contribution in [0.25, 0.3) is 6.08 Å². The van der Waals surface area contributed by atoms with Gasteiger partial charge in [0.1, 0.15) is 0 Å². The summed E-state index contributed by atoms with van der Waals surface area (Å²) in [5, 5.41) is 3.42. The van der Waals surface area contributed by atoms with E-state index in [0.717, 1.165) is 19.4 Å². The maximum Gasteiger partial charge on any atom is 0.0413 e. The highest BCUT2D eigenvalue weighted by molar-refractivity contribution is 5.66. The van der Waals surface area contributed by atoms with Crippen molar-refractivity contribution in [2.45, 2.75) is 40.5 Å². The van der Waals surface area contributed by atoms with Gasteiger partial charge in [0.15, 0.2) is 0 Å². The molecule has 0 amide bonds. The van der Waals surface area contributed by atoms with Gasteiger partial charge in [0.05, 0.1) is 0 Å². The van der Waals surface area contributed by atoms with Crippen LogP contribution >= 0.6 is 0 Å². The molecule has 2 rings (SSSR count). The monoisotopic (exact) mass is 293 g/mol. The first-order valence-corrected chi connectivity index (χ1v) is 8.24. The topological polar surface area (TPSA) is 12.0 Å². The molecule has 0 atom stereocenters. The molecule has 2 aromatic carbocycles. The first kappa shape index (κ1) is 16.4. The minimum atomic E-state index is 0.946. The summed E-state index contributed by atoms with van der Waals surface area (Å²) in [7, 11) is 0. The molecule has 0 spiro atoms. The molecule has 22 heavy (non-hydrogen) atoms. The van der Waals surface area contributed by atoms with Gasteiger partial charge in [-0.2, -0.15) is 0 Å². The summed E-state index contributed by atoms with van der Waals surface area (Å²) in [6.45, 7) is 9.75. The Morgan fingerprint density at radius 3 is 2.50 bits per heavy atom. The molecule has 0 aromatic heterocycles. The van der Waals surface area contributed by atoms with Crippen LogP contribution in [0, 0.1) is 13.8 Å². The van der Waals surface area contributed by atoms with Gasteiger partial charge in [-0.25, -0.2) is 0 Å². The minimum Gasteiger partial charge on any atom is -0.385 e. The molecule has 0 saturated carbocycles. The minimum absolute atomic E-state index is 0.946. The summed E-state index contributed by atoms with van der Waals surface area (Å²) in [5.41, 5.74) is 8.23. The van der Waals surface area contributed by atoms with Gasteiger partial charge < -0.3 is 5.32 Å². The van der Waals surface area contributed by atoms with E-state index in [0.29, 0.717) is 0 Å². The number of anilines is 1. The lowest BCUT2D eigenvalue weighted by molar-refractivity contribution is 1.05. The Morgan fingerprint density at radius 1 is 1.00 bits per heavy atom. The highest BCUT2D eigenvalue weighted by Crippen LogP contribution is 2.21. The lowest BCUT2D eigenvalue weighted by atomic mass is 9.93. The molecule has 0 bridgehead atoms. The van der Waals surface area contributed by atoms with Crippen LogP contribution in [0.3, 0.4) is 0 Å². The molecule has 0 aliphatic heterocycles. The predicted molar refractivity (Wildman–Crippen MR) is 98.6 cm³/mol. The maximum absolute atomic E-state index is 3.42. The fourth-order valence-electron chi connectivity index (χ4n) is 2.84. The van der Waals surface area contributed by atoms with Gasteiger partial charge in [-0.05, 0) is 67.5 Å². The Balaban J connectivity index is 2.22. The zero-order chi connectivity index (χ0) is 15.9. The maximum atomic E-state index is 3.42. The van der Waals surface area contributed by atoms with Crippen molar-refractivity contribution in [1.29, 1.82) is 0 Å².